The Labute approximate surface area is 117 Å². The number of hydrogen-bond acceptors (Lipinski definition) is 3. The number of carbonyl (C=O) groups excluding carboxylic acids is 1. The van der Waals surface area contributed by atoms with Crippen molar-refractivity contribution in [2.45, 2.75) is 12.5 Å². The van der Waals surface area contributed by atoms with Crippen molar-refractivity contribution in [2.24, 2.45) is 0 Å². The first kappa shape index (κ1) is 13.6. The lowest BCUT2D eigenvalue weighted by molar-refractivity contribution is -0.154. The van der Waals surface area contributed by atoms with Crippen molar-refractivity contribution in [2.75, 3.05) is 7.05 Å². The highest BCUT2D eigenvalue weighted by atomic mass is 79.9. The van der Waals surface area contributed by atoms with Crippen LogP contribution >= 0.6 is 15.9 Å². The number of rotatable bonds is 4. The zero-order valence-corrected chi connectivity index (χ0v) is 12.0. The Bertz CT molecular complexity index is 651. The van der Waals surface area contributed by atoms with Gasteiger partial charge < -0.3 is 14.4 Å². The minimum atomic E-state index is -1.53. The molecule has 19 heavy (non-hydrogen) atoms. The van der Waals surface area contributed by atoms with Gasteiger partial charge in [-0.15, -0.1) is 0 Å². The summed E-state index contributed by atoms with van der Waals surface area (Å²) in [7, 11) is 1.41. The molecule has 1 aromatic carbocycles. The summed E-state index contributed by atoms with van der Waals surface area (Å²) in [5.41, 5.74) is -0.960. The van der Waals surface area contributed by atoms with Gasteiger partial charge in [0.1, 0.15) is 11.3 Å². The van der Waals surface area contributed by atoms with Crippen LogP contribution in [0.1, 0.15) is 12.7 Å². The summed E-state index contributed by atoms with van der Waals surface area (Å²) >= 11 is 3.34. The maximum atomic E-state index is 11.5. The van der Waals surface area contributed by atoms with Gasteiger partial charge >= 0.3 is 5.97 Å². The molecule has 0 fully saturated rings. The van der Waals surface area contributed by atoms with Crippen molar-refractivity contribution in [3.05, 3.63) is 34.5 Å². The normalized spacial score (nSPS) is 14.1. The third-order valence-electron chi connectivity index (χ3n) is 3.24. The number of benzene rings is 1. The molecule has 100 valence electrons. The van der Waals surface area contributed by atoms with Crippen LogP contribution in [0, 0.1) is 0 Å². The van der Waals surface area contributed by atoms with E-state index in [4.69, 9.17) is 4.42 Å². The lowest BCUT2D eigenvalue weighted by atomic mass is 9.97. The first-order valence-electron chi connectivity index (χ1n) is 5.51. The number of aliphatic carboxylic acids is 1. The first-order valence-corrected chi connectivity index (χ1v) is 6.30. The SMILES string of the molecule is CN(C=O)C(C)(C(=O)O)c1cc2cc(Br)ccc2o1. The van der Waals surface area contributed by atoms with Gasteiger partial charge in [-0.3, -0.25) is 4.79 Å². The minimum Gasteiger partial charge on any atom is -0.479 e. The Morgan fingerprint density at radius 1 is 1.47 bits per heavy atom. The number of hydrogen-bond donors (Lipinski definition) is 1. The Kier molecular flexibility index (Phi) is 3.36. The minimum absolute atomic E-state index is 0.211. The fraction of sp³-hybridized carbons (Fsp3) is 0.231. The number of likely N-dealkylation sites (N-methyl/N-ethyl adjacent to an activating group) is 1. The highest BCUT2D eigenvalue weighted by molar-refractivity contribution is 9.10. The van der Waals surface area contributed by atoms with E-state index in [0.717, 1.165) is 14.8 Å². The van der Waals surface area contributed by atoms with E-state index in [1.165, 1.54) is 14.0 Å². The number of carboxylic acid groups (broad SMARTS) is 1. The van der Waals surface area contributed by atoms with Crippen molar-refractivity contribution in [3.8, 4) is 0 Å². The van der Waals surface area contributed by atoms with Crippen LogP contribution < -0.4 is 0 Å². The van der Waals surface area contributed by atoms with Crippen molar-refractivity contribution in [3.63, 3.8) is 0 Å². The molecule has 0 spiro atoms. The van der Waals surface area contributed by atoms with Gasteiger partial charge in [0.25, 0.3) is 0 Å². The van der Waals surface area contributed by atoms with Crippen LogP contribution in [-0.4, -0.2) is 29.4 Å². The maximum Gasteiger partial charge on any atom is 0.337 e. The third kappa shape index (κ3) is 2.12. The number of halogens is 1. The molecule has 0 saturated heterocycles. The van der Waals surface area contributed by atoms with E-state index in [2.05, 4.69) is 15.9 Å². The monoisotopic (exact) mass is 325 g/mol. The standard InChI is InChI=1S/C13H12BrNO4/c1-13(12(17)18,15(2)7-16)11-6-8-5-9(14)3-4-10(8)19-11/h3-7H,1-2H3,(H,17,18). The molecular weight excluding hydrogens is 314 g/mol. The fourth-order valence-corrected chi connectivity index (χ4v) is 2.17. The van der Waals surface area contributed by atoms with Crippen LogP contribution in [0.15, 0.2) is 33.2 Å². The molecular formula is C13H12BrNO4. The number of carboxylic acids is 1. The van der Waals surface area contributed by atoms with Gasteiger partial charge in [0.15, 0.2) is 5.54 Å². The third-order valence-corrected chi connectivity index (χ3v) is 3.73. The van der Waals surface area contributed by atoms with Gasteiger partial charge in [0.05, 0.1) is 0 Å². The van der Waals surface area contributed by atoms with Crippen LogP contribution in [0.25, 0.3) is 11.0 Å². The molecule has 1 heterocycles. The maximum absolute atomic E-state index is 11.5. The molecule has 0 aliphatic rings. The summed E-state index contributed by atoms with van der Waals surface area (Å²) in [6, 6.07) is 7.00. The quantitative estimate of drug-likeness (QED) is 0.877. The van der Waals surface area contributed by atoms with E-state index >= 15 is 0 Å². The summed E-state index contributed by atoms with van der Waals surface area (Å²) in [6.07, 6.45) is 0.469. The highest BCUT2D eigenvalue weighted by Gasteiger charge is 2.42. The van der Waals surface area contributed by atoms with Crippen LogP contribution in [0.2, 0.25) is 0 Å². The second kappa shape index (κ2) is 4.70. The van der Waals surface area contributed by atoms with Crippen LogP contribution in [0.3, 0.4) is 0 Å². The molecule has 0 radical (unpaired) electrons. The molecule has 0 bridgehead atoms. The summed E-state index contributed by atoms with van der Waals surface area (Å²) in [5.74, 6) is -0.942. The smallest absolute Gasteiger partial charge is 0.337 e. The molecule has 1 atom stereocenters. The summed E-state index contributed by atoms with van der Waals surface area (Å²) in [4.78, 5) is 23.5. The number of nitrogens with zero attached hydrogens (tertiary/aromatic N) is 1. The number of furan rings is 1. The van der Waals surface area contributed by atoms with E-state index < -0.39 is 11.5 Å². The molecule has 0 aliphatic heterocycles. The molecule has 2 rings (SSSR count). The molecule has 1 N–H and O–H groups in total. The van der Waals surface area contributed by atoms with E-state index in [1.807, 2.05) is 6.07 Å². The molecule has 1 aromatic heterocycles. The zero-order chi connectivity index (χ0) is 14.2. The first-order chi connectivity index (χ1) is 8.89. The van der Waals surface area contributed by atoms with E-state index in [0.29, 0.717) is 12.0 Å². The van der Waals surface area contributed by atoms with E-state index in [1.54, 1.807) is 18.2 Å². The molecule has 1 unspecified atom stereocenters. The van der Waals surface area contributed by atoms with Gasteiger partial charge in [-0.25, -0.2) is 4.79 Å². The van der Waals surface area contributed by atoms with Crippen molar-refractivity contribution >= 4 is 39.3 Å². The van der Waals surface area contributed by atoms with Gasteiger partial charge in [0.2, 0.25) is 6.41 Å². The van der Waals surface area contributed by atoms with Crippen molar-refractivity contribution < 1.29 is 19.1 Å². The number of carbonyl (C=O) groups is 2. The lowest BCUT2D eigenvalue weighted by Gasteiger charge is -2.29. The molecule has 1 amide bonds. The topological polar surface area (TPSA) is 70.8 Å². The molecule has 5 nitrogen and oxygen atoms in total. The molecule has 6 heteroatoms. The van der Waals surface area contributed by atoms with Gasteiger partial charge in [0, 0.05) is 16.9 Å². The van der Waals surface area contributed by atoms with Gasteiger partial charge in [-0.05, 0) is 31.2 Å². The Balaban J connectivity index is 2.63. The average molecular weight is 326 g/mol. The molecule has 0 aliphatic carbocycles. The average Bonchev–Trinajstić information content (AvgIpc) is 2.79. The summed E-state index contributed by atoms with van der Waals surface area (Å²) in [5, 5.41) is 10.2. The predicted molar refractivity (Wildman–Crippen MR) is 72.7 cm³/mol. The second-order valence-corrected chi connectivity index (χ2v) is 5.30. The molecule has 0 saturated carbocycles. The summed E-state index contributed by atoms with van der Waals surface area (Å²) < 4.78 is 6.44. The van der Waals surface area contributed by atoms with Crippen molar-refractivity contribution in [1.29, 1.82) is 0 Å². The van der Waals surface area contributed by atoms with Crippen LogP contribution in [-0.2, 0) is 15.1 Å². The zero-order valence-electron chi connectivity index (χ0n) is 10.4. The largest absolute Gasteiger partial charge is 0.479 e. The Morgan fingerprint density at radius 2 is 2.16 bits per heavy atom. The van der Waals surface area contributed by atoms with Gasteiger partial charge in [-0.2, -0.15) is 0 Å². The second-order valence-electron chi connectivity index (χ2n) is 4.39. The Morgan fingerprint density at radius 3 is 2.74 bits per heavy atom. The van der Waals surface area contributed by atoms with Crippen LogP contribution in [0.4, 0.5) is 0 Å². The van der Waals surface area contributed by atoms with Crippen LogP contribution in [0.5, 0.6) is 0 Å². The number of fused-ring (bicyclic) bond motifs is 1. The Hall–Kier alpha value is -1.82. The van der Waals surface area contributed by atoms with Gasteiger partial charge in [-0.1, -0.05) is 15.9 Å². The predicted octanol–water partition coefficient (Wildman–Crippen LogP) is 2.58. The fourth-order valence-electron chi connectivity index (χ4n) is 1.79. The lowest BCUT2D eigenvalue weighted by Crippen LogP contribution is -2.46. The molecule has 2 aromatic rings. The van der Waals surface area contributed by atoms with Crippen molar-refractivity contribution in [1.82, 2.24) is 4.90 Å². The number of amides is 1. The van der Waals surface area contributed by atoms with E-state index in [-0.39, 0.29) is 5.76 Å². The van der Waals surface area contributed by atoms with E-state index in [9.17, 15) is 14.7 Å². The summed E-state index contributed by atoms with van der Waals surface area (Å²) in [6.45, 7) is 1.43. The highest BCUT2D eigenvalue weighted by Crippen LogP contribution is 2.32.